The summed E-state index contributed by atoms with van der Waals surface area (Å²) in [5.74, 6) is 0. The van der Waals surface area contributed by atoms with Crippen LogP contribution in [0.15, 0.2) is 30.3 Å². The van der Waals surface area contributed by atoms with E-state index in [0.717, 1.165) is 30.0 Å². The van der Waals surface area contributed by atoms with Crippen molar-refractivity contribution in [2.75, 3.05) is 6.54 Å². The van der Waals surface area contributed by atoms with E-state index < -0.39 is 0 Å². The van der Waals surface area contributed by atoms with Crippen molar-refractivity contribution in [2.24, 2.45) is 0 Å². The van der Waals surface area contributed by atoms with Crippen molar-refractivity contribution >= 4 is 0 Å². The molecule has 0 spiro atoms. The molecule has 0 aliphatic carbocycles. The van der Waals surface area contributed by atoms with Crippen LogP contribution in [-0.4, -0.2) is 21.5 Å². The Labute approximate surface area is 146 Å². The molecule has 0 bridgehead atoms. The molecule has 2 rings (SSSR count). The average Bonchev–Trinajstić information content (AvgIpc) is 3.02. The van der Waals surface area contributed by atoms with Gasteiger partial charge in [-0.25, -0.2) is 0 Å². The minimum Gasteiger partial charge on any atom is -0.311 e. The van der Waals surface area contributed by atoms with Gasteiger partial charge in [-0.2, -0.15) is 15.0 Å². The number of aromatic nitrogens is 3. The Morgan fingerprint density at radius 2 is 1.67 bits per heavy atom. The van der Waals surface area contributed by atoms with E-state index in [9.17, 15) is 0 Å². The zero-order chi connectivity index (χ0) is 17.2. The Balaban J connectivity index is 1.87. The van der Waals surface area contributed by atoms with E-state index in [1.807, 2.05) is 10.9 Å². The van der Waals surface area contributed by atoms with E-state index in [1.165, 1.54) is 38.5 Å². The number of nitrogens with one attached hydrogen (secondary N) is 1. The van der Waals surface area contributed by atoms with Crippen LogP contribution in [-0.2, 0) is 6.54 Å². The third-order valence-electron chi connectivity index (χ3n) is 4.21. The summed E-state index contributed by atoms with van der Waals surface area (Å²) in [4.78, 5) is 1.82. The summed E-state index contributed by atoms with van der Waals surface area (Å²) in [6, 6.07) is 10.6. The zero-order valence-corrected chi connectivity index (χ0v) is 15.5. The fourth-order valence-corrected chi connectivity index (χ4v) is 2.76. The second kappa shape index (κ2) is 10.2. The number of nitrogens with zero attached hydrogens (tertiary/aromatic N) is 3. The maximum atomic E-state index is 4.69. The molecule has 0 aliphatic heterocycles. The van der Waals surface area contributed by atoms with Gasteiger partial charge < -0.3 is 5.32 Å². The SMILES string of the molecule is CCCCCCCCNCc1nn(C(C)C)nc1-c1ccccc1. The number of rotatable bonds is 11. The van der Waals surface area contributed by atoms with Gasteiger partial charge in [0.15, 0.2) is 0 Å². The molecule has 4 heteroatoms. The van der Waals surface area contributed by atoms with Crippen LogP contribution >= 0.6 is 0 Å². The highest BCUT2D eigenvalue weighted by Gasteiger charge is 2.14. The van der Waals surface area contributed by atoms with Crippen LogP contribution in [0.3, 0.4) is 0 Å². The molecular weight excluding hydrogens is 296 g/mol. The van der Waals surface area contributed by atoms with Crippen molar-refractivity contribution in [1.29, 1.82) is 0 Å². The molecule has 1 heterocycles. The predicted octanol–water partition coefficient (Wildman–Crippen LogP) is 4.98. The van der Waals surface area contributed by atoms with E-state index in [4.69, 9.17) is 5.10 Å². The maximum absolute atomic E-state index is 4.69. The number of hydrogen-bond acceptors (Lipinski definition) is 3. The predicted molar refractivity (Wildman–Crippen MR) is 101 cm³/mol. The first kappa shape index (κ1) is 18.7. The maximum Gasteiger partial charge on any atom is 0.117 e. The molecule has 1 aromatic carbocycles. The molecule has 1 N–H and O–H groups in total. The Morgan fingerprint density at radius 3 is 2.38 bits per heavy atom. The summed E-state index contributed by atoms with van der Waals surface area (Å²) in [7, 11) is 0. The monoisotopic (exact) mass is 328 g/mol. The highest BCUT2D eigenvalue weighted by molar-refractivity contribution is 5.60. The van der Waals surface area contributed by atoms with Gasteiger partial charge in [0.2, 0.25) is 0 Å². The van der Waals surface area contributed by atoms with Gasteiger partial charge in [0, 0.05) is 12.1 Å². The van der Waals surface area contributed by atoms with Gasteiger partial charge in [0.1, 0.15) is 11.4 Å². The Morgan fingerprint density at radius 1 is 0.958 bits per heavy atom. The molecule has 4 nitrogen and oxygen atoms in total. The smallest absolute Gasteiger partial charge is 0.117 e. The molecular formula is C20H32N4. The second-order valence-corrected chi connectivity index (χ2v) is 6.72. The Hall–Kier alpha value is -1.68. The first-order valence-electron chi connectivity index (χ1n) is 9.44. The lowest BCUT2D eigenvalue weighted by Crippen LogP contribution is -2.16. The van der Waals surface area contributed by atoms with Crippen LogP contribution < -0.4 is 5.32 Å². The van der Waals surface area contributed by atoms with Gasteiger partial charge >= 0.3 is 0 Å². The van der Waals surface area contributed by atoms with Crippen LogP contribution in [0.25, 0.3) is 11.3 Å². The topological polar surface area (TPSA) is 42.7 Å². The van der Waals surface area contributed by atoms with Crippen molar-refractivity contribution in [3.63, 3.8) is 0 Å². The minimum atomic E-state index is 0.278. The lowest BCUT2D eigenvalue weighted by atomic mass is 10.1. The first-order chi connectivity index (χ1) is 11.7. The van der Waals surface area contributed by atoms with Crippen molar-refractivity contribution < 1.29 is 0 Å². The van der Waals surface area contributed by atoms with Crippen LogP contribution in [0.5, 0.6) is 0 Å². The molecule has 2 aromatic rings. The van der Waals surface area contributed by atoms with Gasteiger partial charge in [0.05, 0.1) is 6.04 Å². The van der Waals surface area contributed by atoms with E-state index in [1.54, 1.807) is 0 Å². The number of hydrogen-bond donors (Lipinski definition) is 1. The van der Waals surface area contributed by atoms with E-state index >= 15 is 0 Å². The second-order valence-electron chi connectivity index (χ2n) is 6.72. The van der Waals surface area contributed by atoms with Crippen LogP contribution in [0.1, 0.15) is 71.0 Å². The molecule has 0 saturated carbocycles. The summed E-state index contributed by atoms with van der Waals surface area (Å²) in [6.07, 6.45) is 7.96. The first-order valence-corrected chi connectivity index (χ1v) is 9.44. The highest BCUT2D eigenvalue weighted by atomic mass is 15.5. The lowest BCUT2D eigenvalue weighted by Gasteiger charge is -2.04. The largest absolute Gasteiger partial charge is 0.311 e. The minimum absolute atomic E-state index is 0.278. The quantitative estimate of drug-likeness (QED) is 0.592. The number of benzene rings is 1. The zero-order valence-electron chi connectivity index (χ0n) is 15.5. The third kappa shape index (κ3) is 5.75. The molecule has 0 aliphatic rings. The van der Waals surface area contributed by atoms with Gasteiger partial charge in [0.25, 0.3) is 0 Å². The van der Waals surface area contributed by atoms with Crippen LogP contribution in [0.2, 0.25) is 0 Å². The molecule has 24 heavy (non-hydrogen) atoms. The molecule has 0 amide bonds. The van der Waals surface area contributed by atoms with Gasteiger partial charge in [-0.15, -0.1) is 0 Å². The normalized spacial score (nSPS) is 11.3. The van der Waals surface area contributed by atoms with Gasteiger partial charge in [-0.3, -0.25) is 0 Å². The van der Waals surface area contributed by atoms with E-state index in [2.05, 4.69) is 55.5 Å². The number of unbranched alkanes of at least 4 members (excludes halogenated alkanes) is 5. The summed E-state index contributed by atoms with van der Waals surface area (Å²) >= 11 is 0. The average molecular weight is 329 g/mol. The molecule has 0 saturated heterocycles. The van der Waals surface area contributed by atoms with Crippen molar-refractivity contribution in [2.45, 2.75) is 71.9 Å². The van der Waals surface area contributed by atoms with E-state index in [0.29, 0.717) is 0 Å². The standard InChI is InChI=1S/C20H32N4/c1-4-5-6-7-8-12-15-21-16-19-20(18-13-10-9-11-14-18)23-24(22-19)17(2)3/h9-11,13-14,17,21H,4-8,12,15-16H2,1-3H3. The highest BCUT2D eigenvalue weighted by Crippen LogP contribution is 2.21. The summed E-state index contributed by atoms with van der Waals surface area (Å²) in [5.41, 5.74) is 3.18. The van der Waals surface area contributed by atoms with Crippen molar-refractivity contribution in [3.05, 3.63) is 36.0 Å². The lowest BCUT2D eigenvalue weighted by molar-refractivity contribution is 0.461. The molecule has 132 valence electrons. The third-order valence-corrected chi connectivity index (χ3v) is 4.21. The fourth-order valence-electron chi connectivity index (χ4n) is 2.76. The van der Waals surface area contributed by atoms with Crippen molar-refractivity contribution in [1.82, 2.24) is 20.3 Å². The molecule has 0 fully saturated rings. The van der Waals surface area contributed by atoms with Crippen LogP contribution in [0.4, 0.5) is 0 Å². The molecule has 0 radical (unpaired) electrons. The summed E-state index contributed by atoms with van der Waals surface area (Å²) < 4.78 is 0. The van der Waals surface area contributed by atoms with Gasteiger partial charge in [-0.05, 0) is 26.8 Å². The van der Waals surface area contributed by atoms with Crippen molar-refractivity contribution in [3.8, 4) is 11.3 Å². The van der Waals surface area contributed by atoms with Gasteiger partial charge in [-0.1, -0.05) is 69.4 Å². The van der Waals surface area contributed by atoms with Crippen LogP contribution in [0, 0.1) is 0 Å². The molecule has 0 unspecified atom stereocenters. The summed E-state index contributed by atoms with van der Waals surface area (Å²) in [6.45, 7) is 8.32. The fraction of sp³-hybridized carbons (Fsp3) is 0.600. The summed E-state index contributed by atoms with van der Waals surface area (Å²) in [5, 5.41) is 12.9. The molecule has 0 atom stereocenters. The molecule has 1 aromatic heterocycles. The Bertz CT molecular complexity index is 575. The Kier molecular flexibility index (Phi) is 7.96. The van der Waals surface area contributed by atoms with E-state index in [-0.39, 0.29) is 6.04 Å².